The fraction of sp³-hybridized carbons (Fsp3) is 0.333. The highest BCUT2D eigenvalue weighted by Crippen LogP contribution is 2.22. The molecule has 0 unspecified atom stereocenters. The van der Waals surface area contributed by atoms with Gasteiger partial charge in [-0.1, -0.05) is 0 Å². The third-order valence-corrected chi connectivity index (χ3v) is 3.04. The van der Waals surface area contributed by atoms with E-state index >= 15 is 0 Å². The van der Waals surface area contributed by atoms with E-state index in [4.69, 9.17) is 4.74 Å². The average molecular weight is 329 g/mol. The molecule has 0 aliphatic heterocycles. The van der Waals surface area contributed by atoms with Gasteiger partial charge in [0.1, 0.15) is 11.1 Å². The summed E-state index contributed by atoms with van der Waals surface area (Å²) in [5, 5.41) is 4.14. The van der Waals surface area contributed by atoms with Crippen molar-refractivity contribution in [3.63, 3.8) is 0 Å². The highest BCUT2D eigenvalue weighted by atomic mass is 16.6. The van der Waals surface area contributed by atoms with E-state index in [9.17, 15) is 4.79 Å². The molecule has 0 aliphatic carbocycles. The molecule has 9 heteroatoms. The summed E-state index contributed by atoms with van der Waals surface area (Å²) in [6.07, 6.45) is 4.58. The number of nitrogens with zero attached hydrogens (tertiary/aromatic N) is 4. The van der Waals surface area contributed by atoms with Crippen LogP contribution in [0.15, 0.2) is 24.7 Å². The van der Waals surface area contributed by atoms with Crippen LogP contribution in [0, 0.1) is 0 Å². The molecule has 0 spiro atoms. The third-order valence-electron chi connectivity index (χ3n) is 3.04. The first-order valence-electron chi connectivity index (χ1n) is 7.40. The number of carbonyl (C=O) groups excluding carboxylic acids is 1. The molecule has 9 nitrogen and oxygen atoms in total. The minimum Gasteiger partial charge on any atom is -0.443 e. The minimum atomic E-state index is -0.588. The zero-order chi connectivity index (χ0) is 17.3. The van der Waals surface area contributed by atoms with Crippen LogP contribution in [-0.2, 0) is 11.8 Å². The van der Waals surface area contributed by atoms with Crippen molar-refractivity contribution in [3.05, 3.63) is 24.7 Å². The lowest BCUT2D eigenvalue weighted by molar-refractivity contribution is 0.0541. The molecule has 0 atom stereocenters. The van der Waals surface area contributed by atoms with Gasteiger partial charge in [0.15, 0.2) is 11.5 Å². The standard InChI is InChI=1S/C15H19N7O2/c1-15(2,3)24-14(23)21-20-12-7-16-13-11(18-12)5-10(19-13)9-6-17-22(4)8-9/h5-8H,1-4H3,(H,16,19)(H,18,20)(H,21,23). The Morgan fingerprint density at radius 2 is 2.12 bits per heavy atom. The van der Waals surface area contributed by atoms with Crippen LogP contribution in [0.4, 0.5) is 10.6 Å². The zero-order valence-corrected chi connectivity index (χ0v) is 13.9. The predicted octanol–water partition coefficient (Wildman–Crippen LogP) is 2.21. The van der Waals surface area contributed by atoms with Gasteiger partial charge in [-0.05, 0) is 26.8 Å². The molecular weight excluding hydrogens is 310 g/mol. The van der Waals surface area contributed by atoms with Crippen molar-refractivity contribution >= 4 is 23.1 Å². The Morgan fingerprint density at radius 1 is 1.33 bits per heavy atom. The first-order chi connectivity index (χ1) is 11.3. The zero-order valence-electron chi connectivity index (χ0n) is 13.9. The van der Waals surface area contributed by atoms with Gasteiger partial charge in [-0.25, -0.2) is 20.2 Å². The summed E-state index contributed by atoms with van der Waals surface area (Å²) in [5.74, 6) is 0.407. The molecule has 3 heterocycles. The Hall–Kier alpha value is -3.10. The normalized spacial score (nSPS) is 11.5. The van der Waals surface area contributed by atoms with Gasteiger partial charge < -0.3 is 9.72 Å². The molecule has 24 heavy (non-hydrogen) atoms. The van der Waals surface area contributed by atoms with Crippen LogP contribution in [0.1, 0.15) is 20.8 Å². The lowest BCUT2D eigenvalue weighted by Gasteiger charge is -2.19. The molecule has 0 aliphatic rings. The van der Waals surface area contributed by atoms with Crippen LogP contribution in [0.2, 0.25) is 0 Å². The lowest BCUT2D eigenvalue weighted by Crippen LogP contribution is -2.36. The Morgan fingerprint density at radius 3 is 2.79 bits per heavy atom. The molecule has 0 bridgehead atoms. The molecule has 3 N–H and O–H groups in total. The molecular formula is C15H19N7O2. The number of hydrogen-bond acceptors (Lipinski definition) is 6. The van der Waals surface area contributed by atoms with Crippen molar-refractivity contribution in [1.82, 2.24) is 30.2 Å². The molecule has 3 aromatic heterocycles. The number of rotatable bonds is 3. The van der Waals surface area contributed by atoms with Crippen molar-refractivity contribution in [3.8, 4) is 11.3 Å². The molecule has 0 fully saturated rings. The monoisotopic (exact) mass is 329 g/mol. The second kappa shape index (κ2) is 5.84. The summed E-state index contributed by atoms with van der Waals surface area (Å²) >= 11 is 0. The number of hydrogen-bond donors (Lipinski definition) is 3. The van der Waals surface area contributed by atoms with E-state index in [1.807, 2.05) is 19.3 Å². The van der Waals surface area contributed by atoms with Crippen molar-refractivity contribution in [2.75, 3.05) is 5.43 Å². The number of hydrazine groups is 1. The quantitative estimate of drug-likeness (QED) is 0.636. The van der Waals surface area contributed by atoms with E-state index in [0.717, 1.165) is 11.3 Å². The number of H-pyrrole nitrogens is 1. The van der Waals surface area contributed by atoms with Gasteiger partial charge in [-0.15, -0.1) is 0 Å². The predicted molar refractivity (Wildman–Crippen MR) is 89.1 cm³/mol. The lowest BCUT2D eigenvalue weighted by atomic mass is 10.2. The summed E-state index contributed by atoms with van der Waals surface area (Å²) in [5.41, 5.74) is 7.67. The van der Waals surface area contributed by atoms with Crippen LogP contribution in [0.25, 0.3) is 22.4 Å². The second-order valence-corrected chi connectivity index (χ2v) is 6.33. The van der Waals surface area contributed by atoms with Crippen molar-refractivity contribution in [2.24, 2.45) is 7.05 Å². The van der Waals surface area contributed by atoms with E-state index in [-0.39, 0.29) is 0 Å². The molecule has 3 aromatic rings. The number of aryl methyl sites for hydroxylation is 1. The topological polar surface area (TPSA) is 110 Å². The van der Waals surface area contributed by atoms with Gasteiger partial charge in [-0.3, -0.25) is 10.1 Å². The SMILES string of the molecule is Cn1cc(-c2cc3nc(NNC(=O)OC(C)(C)C)cnc3[nH]2)cn1. The summed E-state index contributed by atoms with van der Waals surface area (Å²) in [6, 6.07) is 1.87. The maximum Gasteiger partial charge on any atom is 0.426 e. The maximum atomic E-state index is 11.6. The summed E-state index contributed by atoms with van der Waals surface area (Å²) in [4.78, 5) is 23.5. The Balaban J connectivity index is 1.73. The number of amides is 1. The van der Waals surface area contributed by atoms with Crippen LogP contribution < -0.4 is 10.9 Å². The average Bonchev–Trinajstić information content (AvgIpc) is 3.08. The molecule has 0 aromatic carbocycles. The smallest absolute Gasteiger partial charge is 0.426 e. The number of fused-ring (bicyclic) bond motifs is 1. The van der Waals surface area contributed by atoms with E-state index < -0.39 is 11.7 Å². The Bertz CT molecular complexity index is 875. The van der Waals surface area contributed by atoms with Gasteiger partial charge in [0.25, 0.3) is 0 Å². The van der Waals surface area contributed by atoms with E-state index in [0.29, 0.717) is 17.0 Å². The second-order valence-electron chi connectivity index (χ2n) is 6.33. The van der Waals surface area contributed by atoms with Crippen LogP contribution in [0.3, 0.4) is 0 Å². The number of aromatic nitrogens is 5. The summed E-state index contributed by atoms with van der Waals surface area (Å²) in [7, 11) is 1.85. The van der Waals surface area contributed by atoms with Crippen LogP contribution >= 0.6 is 0 Å². The first-order valence-corrected chi connectivity index (χ1v) is 7.40. The van der Waals surface area contributed by atoms with Gasteiger partial charge in [-0.2, -0.15) is 5.10 Å². The molecule has 3 rings (SSSR count). The molecule has 126 valence electrons. The van der Waals surface area contributed by atoms with Crippen molar-refractivity contribution < 1.29 is 9.53 Å². The fourth-order valence-electron chi connectivity index (χ4n) is 2.10. The number of ether oxygens (including phenoxy) is 1. The minimum absolute atomic E-state index is 0.407. The van der Waals surface area contributed by atoms with Gasteiger partial charge in [0.2, 0.25) is 0 Å². The molecule has 0 saturated heterocycles. The number of nitrogens with one attached hydrogen (secondary N) is 3. The first kappa shape index (κ1) is 15.8. The summed E-state index contributed by atoms with van der Waals surface area (Å²) < 4.78 is 6.86. The van der Waals surface area contributed by atoms with Crippen LogP contribution in [0.5, 0.6) is 0 Å². The van der Waals surface area contributed by atoms with Gasteiger partial charge in [0, 0.05) is 18.8 Å². The van der Waals surface area contributed by atoms with Crippen molar-refractivity contribution in [2.45, 2.75) is 26.4 Å². The Kier molecular flexibility index (Phi) is 3.84. The number of carbonyl (C=O) groups is 1. The summed E-state index contributed by atoms with van der Waals surface area (Å²) in [6.45, 7) is 5.37. The maximum absolute atomic E-state index is 11.6. The number of anilines is 1. The molecule has 1 amide bonds. The highest BCUT2D eigenvalue weighted by molar-refractivity contribution is 5.80. The van der Waals surface area contributed by atoms with Crippen molar-refractivity contribution in [1.29, 1.82) is 0 Å². The molecule has 0 radical (unpaired) electrons. The number of aromatic amines is 1. The largest absolute Gasteiger partial charge is 0.443 e. The van der Waals surface area contributed by atoms with Crippen LogP contribution in [-0.4, -0.2) is 36.4 Å². The van der Waals surface area contributed by atoms with E-state index in [2.05, 4.69) is 30.9 Å². The third kappa shape index (κ3) is 3.62. The highest BCUT2D eigenvalue weighted by Gasteiger charge is 2.16. The molecule has 0 saturated carbocycles. The van der Waals surface area contributed by atoms with E-state index in [1.54, 1.807) is 31.6 Å². The van der Waals surface area contributed by atoms with Gasteiger partial charge >= 0.3 is 6.09 Å². The van der Waals surface area contributed by atoms with E-state index in [1.165, 1.54) is 6.20 Å². The van der Waals surface area contributed by atoms with Gasteiger partial charge in [0.05, 0.1) is 18.1 Å². The Labute approximate surface area is 138 Å². The fourth-order valence-corrected chi connectivity index (χ4v) is 2.10.